The number of nitrogens with zero attached hydrogens (tertiary/aromatic N) is 2. The minimum atomic E-state index is -0.374. The summed E-state index contributed by atoms with van der Waals surface area (Å²) in [6, 6.07) is 10.5. The number of aliphatic hydroxyl groups is 1. The molecule has 1 saturated heterocycles. The van der Waals surface area contributed by atoms with Crippen LogP contribution in [0.15, 0.2) is 30.3 Å². The molecule has 0 aromatic heterocycles. The highest BCUT2D eigenvalue weighted by atomic mass is 16.3. The zero-order valence-electron chi connectivity index (χ0n) is 12.8. The molecule has 0 amide bonds. The Bertz CT molecular complexity index is 382. The van der Waals surface area contributed by atoms with E-state index in [1.165, 1.54) is 19.4 Å². The second kappa shape index (κ2) is 7.77. The minimum absolute atomic E-state index is 0.374. The first-order chi connectivity index (χ1) is 9.70. The Morgan fingerprint density at radius 1 is 1.25 bits per heavy atom. The van der Waals surface area contributed by atoms with Crippen LogP contribution in [0.4, 0.5) is 0 Å². The zero-order valence-corrected chi connectivity index (χ0v) is 12.8. The SMILES string of the molecule is CCCCN1CCN(C[C@@H](O)c2ccccc2)[C@H](C)C1. The lowest BCUT2D eigenvalue weighted by Crippen LogP contribution is -2.52. The van der Waals surface area contributed by atoms with Crippen LogP contribution in [0.25, 0.3) is 0 Å². The van der Waals surface area contributed by atoms with Crippen molar-refractivity contribution < 1.29 is 5.11 Å². The van der Waals surface area contributed by atoms with Gasteiger partial charge in [-0.3, -0.25) is 4.90 Å². The molecule has 3 nitrogen and oxygen atoms in total. The van der Waals surface area contributed by atoms with E-state index < -0.39 is 0 Å². The highest BCUT2D eigenvalue weighted by Crippen LogP contribution is 2.17. The third kappa shape index (κ3) is 4.30. The van der Waals surface area contributed by atoms with Gasteiger partial charge in [-0.15, -0.1) is 0 Å². The molecule has 112 valence electrons. The third-order valence-corrected chi connectivity index (χ3v) is 4.27. The summed E-state index contributed by atoms with van der Waals surface area (Å²) in [4.78, 5) is 4.97. The average Bonchev–Trinajstić information content (AvgIpc) is 2.48. The maximum absolute atomic E-state index is 10.3. The Hall–Kier alpha value is -0.900. The molecular formula is C17H28N2O. The van der Waals surface area contributed by atoms with E-state index in [2.05, 4.69) is 23.6 Å². The molecule has 0 saturated carbocycles. The molecule has 1 aromatic carbocycles. The van der Waals surface area contributed by atoms with E-state index in [-0.39, 0.29) is 6.10 Å². The standard InChI is InChI=1S/C17H28N2O/c1-3-4-10-18-11-12-19(15(2)13-18)14-17(20)16-8-6-5-7-9-16/h5-9,15,17,20H,3-4,10-14H2,1-2H3/t15-,17-/m1/s1. The summed E-state index contributed by atoms with van der Waals surface area (Å²) in [5.41, 5.74) is 1.02. The van der Waals surface area contributed by atoms with E-state index in [0.717, 1.165) is 31.7 Å². The number of rotatable bonds is 6. The molecule has 1 N–H and O–H groups in total. The smallest absolute Gasteiger partial charge is 0.0917 e. The molecule has 1 aliphatic heterocycles. The van der Waals surface area contributed by atoms with E-state index in [1.54, 1.807) is 0 Å². The Kier molecular flexibility index (Phi) is 6.02. The third-order valence-electron chi connectivity index (χ3n) is 4.27. The Labute approximate surface area is 123 Å². The highest BCUT2D eigenvalue weighted by Gasteiger charge is 2.25. The molecule has 2 rings (SSSR count). The van der Waals surface area contributed by atoms with Gasteiger partial charge in [-0.05, 0) is 25.5 Å². The molecule has 1 aliphatic rings. The van der Waals surface area contributed by atoms with Crippen LogP contribution >= 0.6 is 0 Å². The number of hydrogen-bond donors (Lipinski definition) is 1. The van der Waals surface area contributed by atoms with Crippen molar-refractivity contribution in [3.63, 3.8) is 0 Å². The minimum Gasteiger partial charge on any atom is -0.387 e. The Morgan fingerprint density at radius 3 is 2.65 bits per heavy atom. The molecule has 0 unspecified atom stereocenters. The lowest BCUT2D eigenvalue weighted by atomic mass is 10.1. The summed E-state index contributed by atoms with van der Waals surface area (Å²) in [5.74, 6) is 0. The van der Waals surface area contributed by atoms with E-state index >= 15 is 0 Å². The van der Waals surface area contributed by atoms with Crippen LogP contribution in [-0.4, -0.2) is 53.7 Å². The summed E-state index contributed by atoms with van der Waals surface area (Å²) in [5, 5.41) is 10.3. The topological polar surface area (TPSA) is 26.7 Å². The van der Waals surface area contributed by atoms with E-state index in [1.807, 2.05) is 30.3 Å². The number of hydrogen-bond acceptors (Lipinski definition) is 3. The number of unbranched alkanes of at least 4 members (excludes halogenated alkanes) is 1. The number of aliphatic hydroxyl groups excluding tert-OH is 1. The maximum Gasteiger partial charge on any atom is 0.0917 e. The molecule has 0 bridgehead atoms. The van der Waals surface area contributed by atoms with Gasteiger partial charge in [0.15, 0.2) is 0 Å². The molecular weight excluding hydrogens is 248 g/mol. The summed E-state index contributed by atoms with van der Waals surface area (Å²) in [7, 11) is 0. The summed E-state index contributed by atoms with van der Waals surface area (Å²) in [6.07, 6.45) is 2.18. The largest absolute Gasteiger partial charge is 0.387 e. The van der Waals surface area contributed by atoms with Gasteiger partial charge in [0.25, 0.3) is 0 Å². The molecule has 1 fully saturated rings. The fraction of sp³-hybridized carbons (Fsp3) is 0.647. The van der Waals surface area contributed by atoms with Gasteiger partial charge in [0.2, 0.25) is 0 Å². The van der Waals surface area contributed by atoms with Crippen molar-refractivity contribution in [1.82, 2.24) is 9.80 Å². The van der Waals surface area contributed by atoms with Gasteiger partial charge in [0, 0.05) is 32.2 Å². The van der Waals surface area contributed by atoms with Crippen LogP contribution in [0.5, 0.6) is 0 Å². The van der Waals surface area contributed by atoms with Crippen LogP contribution in [-0.2, 0) is 0 Å². The van der Waals surface area contributed by atoms with Gasteiger partial charge in [0.05, 0.1) is 6.10 Å². The van der Waals surface area contributed by atoms with Gasteiger partial charge in [-0.1, -0.05) is 43.7 Å². The second-order valence-electron chi connectivity index (χ2n) is 5.92. The summed E-state index contributed by atoms with van der Waals surface area (Å²) < 4.78 is 0. The average molecular weight is 276 g/mol. The van der Waals surface area contributed by atoms with Crippen molar-refractivity contribution in [3.05, 3.63) is 35.9 Å². The number of β-amino-alcohol motifs (C(OH)–C–C–N with tert-alkyl or cyclic N) is 1. The molecule has 3 heteroatoms. The van der Waals surface area contributed by atoms with Gasteiger partial charge in [0.1, 0.15) is 0 Å². The van der Waals surface area contributed by atoms with Crippen molar-refractivity contribution in [2.75, 3.05) is 32.7 Å². The first kappa shape index (κ1) is 15.5. The lowest BCUT2D eigenvalue weighted by Gasteiger charge is -2.40. The fourth-order valence-electron chi connectivity index (χ4n) is 2.93. The molecule has 1 heterocycles. The number of benzene rings is 1. The maximum atomic E-state index is 10.3. The van der Waals surface area contributed by atoms with E-state index in [9.17, 15) is 5.11 Å². The molecule has 0 radical (unpaired) electrons. The first-order valence-electron chi connectivity index (χ1n) is 7.90. The van der Waals surface area contributed by atoms with Crippen LogP contribution < -0.4 is 0 Å². The van der Waals surface area contributed by atoms with Gasteiger partial charge in [-0.25, -0.2) is 0 Å². The van der Waals surface area contributed by atoms with Gasteiger partial charge in [-0.2, -0.15) is 0 Å². The quantitative estimate of drug-likeness (QED) is 0.865. The lowest BCUT2D eigenvalue weighted by molar-refractivity contribution is 0.0385. The Balaban J connectivity index is 1.82. The van der Waals surface area contributed by atoms with Crippen molar-refractivity contribution in [1.29, 1.82) is 0 Å². The Morgan fingerprint density at radius 2 is 2.00 bits per heavy atom. The molecule has 0 spiro atoms. The summed E-state index contributed by atoms with van der Waals surface area (Å²) in [6.45, 7) is 9.80. The molecule has 1 aromatic rings. The van der Waals surface area contributed by atoms with Crippen LogP contribution in [0.3, 0.4) is 0 Å². The first-order valence-corrected chi connectivity index (χ1v) is 7.90. The molecule has 20 heavy (non-hydrogen) atoms. The number of piperazine rings is 1. The van der Waals surface area contributed by atoms with Gasteiger partial charge < -0.3 is 10.0 Å². The fourth-order valence-corrected chi connectivity index (χ4v) is 2.93. The summed E-state index contributed by atoms with van der Waals surface area (Å²) >= 11 is 0. The predicted octanol–water partition coefficient (Wildman–Crippen LogP) is 2.53. The van der Waals surface area contributed by atoms with Crippen molar-refractivity contribution in [2.24, 2.45) is 0 Å². The van der Waals surface area contributed by atoms with Crippen molar-refractivity contribution in [2.45, 2.75) is 38.8 Å². The molecule has 2 atom stereocenters. The second-order valence-corrected chi connectivity index (χ2v) is 5.92. The van der Waals surface area contributed by atoms with E-state index in [0.29, 0.717) is 6.04 Å². The predicted molar refractivity (Wildman–Crippen MR) is 83.8 cm³/mol. The van der Waals surface area contributed by atoms with Crippen LogP contribution in [0.1, 0.15) is 38.4 Å². The molecule has 0 aliphatic carbocycles. The van der Waals surface area contributed by atoms with Crippen LogP contribution in [0, 0.1) is 0 Å². The highest BCUT2D eigenvalue weighted by molar-refractivity contribution is 5.17. The monoisotopic (exact) mass is 276 g/mol. The van der Waals surface area contributed by atoms with Crippen molar-refractivity contribution in [3.8, 4) is 0 Å². The van der Waals surface area contributed by atoms with Crippen LogP contribution in [0.2, 0.25) is 0 Å². The normalized spacial score (nSPS) is 22.9. The van der Waals surface area contributed by atoms with E-state index in [4.69, 9.17) is 0 Å². The zero-order chi connectivity index (χ0) is 14.4. The van der Waals surface area contributed by atoms with Gasteiger partial charge >= 0.3 is 0 Å². The van der Waals surface area contributed by atoms with Crippen molar-refractivity contribution >= 4 is 0 Å².